The van der Waals surface area contributed by atoms with E-state index in [4.69, 9.17) is 9.15 Å². The van der Waals surface area contributed by atoms with E-state index in [-0.39, 0.29) is 42.8 Å². The van der Waals surface area contributed by atoms with Crippen molar-refractivity contribution in [2.24, 2.45) is 5.92 Å². The summed E-state index contributed by atoms with van der Waals surface area (Å²) in [6.45, 7) is 3.61. The summed E-state index contributed by atoms with van der Waals surface area (Å²) in [6.07, 6.45) is 0.963. The van der Waals surface area contributed by atoms with Gasteiger partial charge in [-0.2, -0.15) is 0 Å². The number of nitrogens with zero attached hydrogens (tertiary/aromatic N) is 3. The molecule has 152 valence electrons. The van der Waals surface area contributed by atoms with Crippen molar-refractivity contribution in [3.05, 3.63) is 28.0 Å². The van der Waals surface area contributed by atoms with Gasteiger partial charge >= 0.3 is 12.0 Å². The van der Waals surface area contributed by atoms with Gasteiger partial charge in [0.15, 0.2) is 5.76 Å². The maximum atomic E-state index is 12.3. The van der Waals surface area contributed by atoms with Crippen molar-refractivity contribution in [3.63, 3.8) is 0 Å². The van der Waals surface area contributed by atoms with Crippen LogP contribution >= 0.6 is 0 Å². The van der Waals surface area contributed by atoms with E-state index in [0.717, 1.165) is 6.07 Å². The Morgan fingerprint density at radius 3 is 2.50 bits per heavy atom. The molecule has 2 fully saturated rings. The first-order valence-electron chi connectivity index (χ1n) is 9.14. The quantitative estimate of drug-likeness (QED) is 0.581. The third-order valence-electron chi connectivity index (χ3n) is 4.89. The minimum Gasteiger partial charge on any atom is -0.450 e. The molecule has 0 saturated carbocycles. The molecule has 3 heterocycles. The van der Waals surface area contributed by atoms with Crippen molar-refractivity contribution >= 4 is 23.8 Å². The molecule has 0 radical (unpaired) electrons. The maximum Gasteiger partial charge on any atom is 0.433 e. The zero-order chi connectivity index (χ0) is 20.3. The summed E-state index contributed by atoms with van der Waals surface area (Å²) in [5.41, 5.74) is 0. The highest BCUT2D eigenvalue weighted by molar-refractivity contribution is 5.94. The molecule has 0 bridgehead atoms. The number of nitrogens with one attached hydrogen (secondary N) is 1. The monoisotopic (exact) mass is 394 g/mol. The smallest absolute Gasteiger partial charge is 0.433 e. The fourth-order valence-electron chi connectivity index (χ4n) is 3.25. The van der Waals surface area contributed by atoms with Crippen LogP contribution in [0.1, 0.15) is 30.3 Å². The third kappa shape index (κ3) is 4.24. The lowest BCUT2D eigenvalue weighted by Gasteiger charge is -2.39. The molecule has 1 aromatic rings. The second kappa shape index (κ2) is 8.28. The number of amides is 3. The van der Waals surface area contributed by atoms with E-state index in [1.807, 2.05) is 0 Å². The van der Waals surface area contributed by atoms with E-state index in [1.54, 1.807) is 11.8 Å². The van der Waals surface area contributed by atoms with Crippen LogP contribution in [0.3, 0.4) is 0 Å². The average molecular weight is 394 g/mol. The summed E-state index contributed by atoms with van der Waals surface area (Å²) in [5.74, 6) is -1.54. The molecular formula is C17H22N4O7. The second-order valence-corrected chi connectivity index (χ2v) is 6.77. The normalized spacial score (nSPS) is 17.8. The summed E-state index contributed by atoms with van der Waals surface area (Å²) in [4.78, 5) is 49.2. The SMILES string of the molecule is CCOC(=O)N1CCC(NC(=O)C2CN(C(=O)c3ccc([N+](=O)[O-])o3)C2)CC1. The predicted octanol–water partition coefficient (Wildman–Crippen LogP) is 0.997. The van der Waals surface area contributed by atoms with E-state index < -0.39 is 16.7 Å². The molecule has 2 saturated heterocycles. The molecule has 2 aliphatic heterocycles. The van der Waals surface area contributed by atoms with Crippen LogP contribution in [-0.4, -0.2) is 71.5 Å². The Kier molecular flexibility index (Phi) is 5.81. The highest BCUT2D eigenvalue weighted by Gasteiger charge is 2.38. The number of piperidine rings is 1. The Bertz CT molecular complexity index is 763. The number of carbonyl (C=O) groups excluding carboxylic acids is 3. The maximum absolute atomic E-state index is 12.3. The van der Waals surface area contributed by atoms with Crippen LogP contribution in [0.4, 0.5) is 10.7 Å². The van der Waals surface area contributed by atoms with Gasteiger partial charge in [-0.05, 0) is 25.8 Å². The Morgan fingerprint density at radius 1 is 1.25 bits per heavy atom. The van der Waals surface area contributed by atoms with Gasteiger partial charge in [-0.3, -0.25) is 19.7 Å². The summed E-state index contributed by atoms with van der Waals surface area (Å²) >= 11 is 0. The Balaban J connectivity index is 1.41. The Hall–Kier alpha value is -3.11. The van der Waals surface area contributed by atoms with Gasteiger partial charge in [0.05, 0.1) is 18.6 Å². The van der Waals surface area contributed by atoms with E-state index in [0.29, 0.717) is 32.5 Å². The van der Waals surface area contributed by atoms with Gasteiger partial charge in [-0.25, -0.2) is 4.79 Å². The van der Waals surface area contributed by atoms with Crippen LogP contribution in [-0.2, 0) is 9.53 Å². The number of rotatable bonds is 5. The van der Waals surface area contributed by atoms with Crippen LogP contribution in [0.15, 0.2) is 16.5 Å². The molecule has 11 heteroatoms. The third-order valence-corrected chi connectivity index (χ3v) is 4.89. The molecule has 3 amide bonds. The molecule has 3 rings (SSSR count). The number of carbonyl (C=O) groups is 3. The minimum atomic E-state index is -0.712. The summed E-state index contributed by atoms with van der Waals surface area (Å²) < 4.78 is 9.86. The lowest BCUT2D eigenvalue weighted by atomic mass is 9.97. The van der Waals surface area contributed by atoms with Crippen LogP contribution in [0.2, 0.25) is 0 Å². The standard InChI is InChI=1S/C17H22N4O7/c1-2-27-17(24)19-7-5-12(6-8-19)18-15(22)11-9-20(10-11)16(23)13-3-4-14(28-13)21(25)26/h3-4,11-12H,2,5-10H2,1H3,(H,18,22). The van der Waals surface area contributed by atoms with Gasteiger partial charge in [0.2, 0.25) is 5.91 Å². The van der Waals surface area contributed by atoms with Gasteiger partial charge in [0.25, 0.3) is 5.91 Å². The lowest BCUT2D eigenvalue weighted by molar-refractivity contribution is -0.402. The van der Waals surface area contributed by atoms with E-state index >= 15 is 0 Å². The second-order valence-electron chi connectivity index (χ2n) is 6.77. The van der Waals surface area contributed by atoms with Gasteiger partial charge < -0.3 is 24.3 Å². The summed E-state index contributed by atoms with van der Waals surface area (Å²) in [6, 6.07) is 2.36. The van der Waals surface area contributed by atoms with Gasteiger partial charge in [-0.15, -0.1) is 0 Å². The molecule has 28 heavy (non-hydrogen) atoms. The molecule has 1 N–H and O–H groups in total. The topological polar surface area (TPSA) is 135 Å². The number of furan rings is 1. The average Bonchev–Trinajstić information content (AvgIpc) is 3.11. The molecule has 2 aliphatic rings. The number of hydrogen-bond donors (Lipinski definition) is 1. The highest BCUT2D eigenvalue weighted by atomic mass is 16.6. The number of ether oxygens (including phenoxy) is 1. The molecule has 1 aromatic heterocycles. The summed E-state index contributed by atoms with van der Waals surface area (Å²) in [7, 11) is 0. The fraction of sp³-hybridized carbons (Fsp3) is 0.588. The van der Waals surface area contributed by atoms with Crippen molar-refractivity contribution < 1.29 is 28.5 Å². The molecule has 0 atom stereocenters. The first-order valence-corrected chi connectivity index (χ1v) is 9.14. The van der Waals surface area contributed by atoms with Crippen LogP contribution in [0.5, 0.6) is 0 Å². The van der Waals surface area contributed by atoms with Crippen molar-refractivity contribution in [2.75, 3.05) is 32.8 Å². The Morgan fingerprint density at radius 2 is 1.93 bits per heavy atom. The van der Waals surface area contributed by atoms with E-state index in [1.165, 1.54) is 11.0 Å². The van der Waals surface area contributed by atoms with Crippen molar-refractivity contribution in [1.29, 1.82) is 0 Å². The minimum absolute atomic E-state index is 0.0179. The molecule has 11 nitrogen and oxygen atoms in total. The first-order chi connectivity index (χ1) is 13.4. The molecule has 0 aliphatic carbocycles. The van der Waals surface area contributed by atoms with Gasteiger partial charge in [0, 0.05) is 32.2 Å². The van der Waals surface area contributed by atoms with Crippen LogP contribution in [0, 0.1) is 16.0 Å². The highest BCUT2D eigenvalue weighted by Crippen LogP contribution is 2.23. The van der Waals surface area contributed by atoms with Crippen molar-refractivity contribution in [3.8, 4) is 0 Å². The predicted molar refractivity (Wildman–Crippen MR) is 94.5 cm³/mol. The number of hydrogen-bond acceptors (Lipinski definition) is 7. The van der Waals surface area contributed by atoms with Crippen LogP contribution in [0.25, 0.3) is 0 Å². The number of likely N-dealkylation sites (tertiary alicyclic amines) is 2. The zero-order valence-electron chi connectivity index (χ0n) is 15.5. The lowest BCUT2D eigenvalue weighted by Crippen LogP contribution is -2.57. The molecule has 0 spiro atoms. The van der Waals surface area contributed by atoms with Crippen molar-refractivity contribution in [2.45, 2.75) is 25.8 Å². The van der Waals surface area contributed by atoms with Gasteiger partial charge in [0.1, 0.15) is 4.92 Å². The largest absolute Gasteiger partial charge is 0.450 e. The Labute approximate surface area is 160 Å². The van der Waals surface area contributed by atoms with Crippen molar-refractivity contribution in [1.82, 2.24) is 15.1 Å². The fourth-order valence-corrected chi connectivity index (χ4v) is 3.25. The molecule has 0 unspecified atom stereocenters. The number of nitro groups is 1. The van der Waals surface area contributed by atoms with Crippen LogP contribution < -0.4 is 5.32 Å². The van der Waals surface area contributed by atoms with E-state index in [9.17, 15) is 24.5 Å². The first kappa shape index (κ1) is 19.6. The van der Waals surface area contributed by atoms with E-state index in [2.05, 4.69) is 5.32 Å². The van der Waals surface area contributed by atoms with Gasteiger partial charge in [-0.1, -0.05) is 0 Å². The summed E-state index contributed by atoms with van der Waals surface area (Å²) in [5, 5.41) is 13.6. The zero-order valence-corrected chi connectivity index (χ0v) is 15.5. The molecular weight excluding hydrogens is 372 g/mol. The molecule has 0 aromatic carbocycles.